The average Bonchev–Trinajstić information content (AvgIpc) is 2.99. The molecule has 0 aliphatic carbocycles. The molecule has 0 atom stereocenters. The summed E-state index contributed by atoms with van der Waals surface area (Å²) >= 11 is 0. The van der Waals surface area contributed by atoms with Crippen molar-refractivity contribution in [2.75, 3.05) is 13.1 Å². The Kier molecular flexibility index (Phi) is 5.86. The molecule has 144 valence electrons. The molecule has 0 radical (unpaired) electrons. The Morgan fingerprint density at radius 3 is 2.18 bits per heavy atom. The van der Waals surface area contributed by atoms with E-state index in [1.54, 1.807) is 0 Å². The van der Waals surface area contributed by atoms with E-state index in [-0.39, 0.29) is 5.91 Å². The molecule has 1 aromatic heterocycles. The number of amides is 1. The highest BCUT2D eigenvalue weighted by Crippen LogP contribution is 2.25. The summed E-state index contributed by atoms with van der Waals surface area (Å²) in [6, 6.07) is 20.4. The first-order valence-corrected chi connectivity index (χ1v) is 10.3. The maximum Gasteiger partial charge on any atom is 0.222 e. The van der Waals surface area contributed by atoms with Gasteiger partial charge >= 0.3 is 0 Å². The van der Waals surface area contributed by atoms with Crippen LogP contribution in [0.25, 0.3) is 16.9 Å². The number of aromatic nitrogens is 2. The second-order valence-corrected chi connectivity index (χ2v) is 7.44. The fourth-order valence-corrected chi connectivity index (χ4v) is 3.86. The van der Waals surface area contributed by atoms with E-state index < -0.39 is 0 Å². The van der Waals surface area contributed by atoms with Gasteiger partial charge in [-0.3, -0.25) is 4.79 Å². The van der Waals surface area contributed by atoms with Gasteiger partial charge in [0.1, 0.15) is 0 Å². The molecule has 0 spiro atoms. The Morgan fingerprint density at radius 2 is 1.50 bits per heavy atom. The molecule has 0 bridgehead atoms. The number of hydrogen-bond donors (Lipinski definition) is 0. The number of carbonyl (C=O) groups excluding carboxylic acids is 1. The topological polar surface area (TPSA) is 38.1 Å². The standard InChI is InChI=1S/C24H27N3O/c28-23(26-17-9-1-2-10-18-26)16-15-21-19-27(22-13-7-4-8-14-22)25-24(21)20-11-5-3-6-12-20/h3-8,11-14,19H,1-2,9-10,15-18H2. The zero-order valence-electron chi connectivity index (χ0n) is 16.3. The van der Waals surface area contributed by atoms with Crippen LogP contribution in [0, 0.1) is 0 Å². The van der Waals surface area contributed by atoms with E-state index >= 15 is 0 Å². The zero-order chi connectivity index (χ0) is 19.2. The van der Waals surface area contributed by atoms with Crippen molar-refractivity contribution >= 4 is 5.91 Å². The lowest BCUT2D eigenvalue weighted by atomic mass is 10.0. The van der Waals surface area contributed by atoms with Crippen molar-refractivity contribution in [2.45, 2.75) is 38.5 Å². The minimum Gasteiger partial charge on any atom is -0.343 e. The quantitative estimate of drug-likeness (QED) is 0.640. The number of para-hydroxylation sites is 1. The summed E-state index contributed by atoms with van der Waals surface area (Å²) in [5, 5.41) is 4.85. The van der Waals surface area contributed by atoms with Crippen LogP contribution >= 0.6 is 0 Å². The van der Waals surface area contributed by atoms with Crippen molar-refractivity contribution in [2.24, 2.45) is 0 Å². The Hall–Kier alpha value is -2.88. The minimum absolute atomic E-state index is 0.272. The van der Waals surface area contributed by atoms with Gasteiger partial charge in [-0.15, -0.1) is 0 Å². The fraction of sp³-hybridized carbons (Fsp3) is 0.333. The van der Waals surface area contributed by atoms with E-state index in [0.717, 1.165) is 48.4 Å². The molecule has 1 amide bonds. The summed E-state index contributed by atoms with van der Waals surface area (Å²) < 4.78 is 1.92. The van der Waals surface area contributed by atoms with E-state index in [0.29, 0.717) is 12.8 Å². The first kappa shape index (κ1) is 18.5. The van der Waals surface area contributed by atoms with Crippen molar-refractivity contribution in [3.63, 3.8) is 0 Å². The second kappa shape index (κ2) is 8.87. The van der Waals surface area contributed by atoms with Crippen LogP contribution in [-0.2, 0) is 11.2 Å². The summed E-state index contributed by atoms with van der Waals surface area (Å²) in [6.45, 7) is 1.82. The monoisotopic (exact) mass is 373 g/mol. The van der Waals surface area contributed by atoms with E-state index in [1.165, 1.54) is 12.8 Å². The highest BCUT2D eigenvalue weighted by atomic mass is 16.2. The van der Waals surface area contributed by atoms with Crippen LogP contribution in [-0.4, -0.2) is 33.7 Å². The highest BCUT2D eigenvalue weighted by molar-refractivity contribution is 5.77. The number of hydrogen-bond acceptors (Lipinski definition) is 2. The minimum atomic E-state index is 0.272. The number of benzene rings is 2. The van der Waals surface area contributed by atoms with E-state index in [1.807, 2.05) is 53.2 Å². The van der Waals surface area contributed by atoms with Crippen molar-refractivity contribution < 1.29 is 4.79 Å². The Morgan fingerprint density at radius 1 is 0.857 bits per heavy atom. The third-order valence-electron chi connectivity index (χ3n) is 5.42. The molecule has 1 saturated heterocycles. The number of aryl methyl sites for hydroxylation is 1. The first-order chi connectivity index (χ1) is 13.8. The van der Waals surface area contributed by atoms with Crippen LogP contribution in [0.15, 0.2) is 66.9 Å². The summed E-state index contributed by atoms with van der Waals surface area (Å²) in [4.78, 5) is 14.8. The molecule has 4 nitrogen and oxygen atoms in total. The van der Waals surface area contributed by atoms with Gasteiger partial charge in [0.05, 0.1) is 11.4 Å². The van der Waals surface area contributed by atoms with Crippen molar-refractivity contribution in [3.05, 3.63) is 72.4 Å². The lowest BCUT2D eigenvalue weighted by Gasteiger charge is -2.20. The van der Waals surface area contributed by atoms with Crippen LogP contribution < -0.4 is 0 Å². The van der Waals surface area contributed by atoms with Crippen LogP contribution in [0.1, 0.15) is 37.7 Å². The summed E-state index contributed by atoms with van der Waals surface area (Å²) in [5.41, 5.74) is 4.21. The molecule has 4 rings (SSSR count). The molecule has 1 aliphatic rings. The highest BCUT2D eigenvalue weighted by Gasteiger charge is 2.18. The lowest BCUT2D eigenvalue weighted by Crippen LogP contribution is -2.31. The van der Waals surface area contributed by atoms with Crippen LogP contribution in [0.3, 0.4) is 0 Å². The predicted octanol–water partition coefficient (Wildman–Crippen LogP) is 4.87. The molecule has 3 aromatic rings. The molecule has 1 fully saturated rings. The van der Waals surface area contributed by atoms with Gasteiger partial charge in [-0.2, -0.15) is 5.10 Å². The van der Waals surface area contributed by atoms with Gasteiger partial charge < -0.3 is 4.90 Å². The molecule has 4 heteroatoms. The average molecular weight is 374 g/mol. The number of likely N-dealkylation sites (tertiary alicyclic amines) is 1. The number of rotatable bonds is 5. The second-order valence-electron chi connectivity index (χ2n) is 7.44. The maximum absolute atomic E-state index is 12.7. The van der Waals surface area contributed by atoms with Crippen LogP contribution in [0.2, 0.25) is 0 Å². The van der Waals surface area contributed by atoms with Gasteiger partial charge in [0.15, 0.2) is 0 Å². The molecule has 1 aliphatic heterocycles. The van der Waals surface area contributed by atoms with Crippen LogP contribution in [0.5, 0.6) is 0 Å². The van der Waals surface area contributed by atoms with Crippen LogP contribution in [0.4, 0.5) is 0 Å². The Bertz CT molecular complexity index is 894. The molecule has 2 heterocycles. The summed E-state index contributed by atoms with van der Waals surface area (Å²) in [7, 11) is 0. The molecule has 2 aromatic carbocycles. The molecule has 0 unspecified atom stereocenters. The Balaban J connectivity index is 1.56. The molecule has 0 saturated carbocycles. The molecular weight excluding hydrogens is 346 g/mol. The maximum atomic E-state index is 12.7. The molecule has 0 N–H and O–H groups in total. The third-order valence-corrected chi connectivity index (χ3v) is 5.42. The third kappa shape index (κ3) is 4.33. The largest absolute Gasteiger partial charge is 0.343 e. The van der Waals surface area contributed by atoms with Gasteiger partial charge in [0, 0.05) is 31.3 Å². The van der Waals surface area contributed by atoms with E-state index in [9.17, 15) is 4.79 Å². The summed E-state index contributed by atoms with van der Waals surface area (Å²) in [5.74, 6) is 0.272. The Labute approximate surface area is 166 Å². The van der Waals surface area contributed by atoms with Crippen molar-refractivity contribution in [3.8, 4) is 16.9 Å². The van der Waals surface area contributed by atoms with Gasteiger partial charge in [-0.05, 0) is 37.0 Å². The van der Waals surface area contributed by atoms with Gasteiger partial charge in [-0.25, -0.2) is 4.68 Å². The molecular formula is C24H27N3O. The zero-order valence-corrected chi connectivity index (χ0v) is 16.3. The number of nitrogens with zero attached hydrogens (tertiary/aromatic N) is 3. The van der Waals surface area contributed by atoms with E-state index in [2.05, 4.69) is 23.2 Å². The fourth-order valence-electron chi connectivity index (χ4n) is 3.86. The molecule has 28 heavy (non-hydrogen) atoms. The van der Waals surface area contributed by atoms with Gasteiger partial charge in [0.25, 0.3) is 0 Å². The van der Waals surface area contributed by atoms with E-state index in [4.69, 9.17) is 5.10 Å². The summed E-state index contributed by atoms with van der Waals surface area (Å²) in [6.07, 6.45) is 8.08. The van der Waals surface area contributed by atoms with Gasteiger partial charge in [-0.1, -0.05) is 61.4 Å². The first-order valence-electron chi connectivity index (χ1n) is 10.3. The smallest absolute Gasteiger partial charge is 0.222 e. The number of carbonyl (C=O) groups is 1. The normalized spacial score (nSPS) is 14.6. The van der Waals surface area contributed by atoms with Crippen molar-refractivity contribution in [1.82, 2.24) is 14.7 Å². The lowest BCUT2D eigenvalue weighted by molar-refractivity contribution is -0.131. The van der Waals surface area contributed by atoms with Gasteiger partial charge in [0.2, 0.25) is 5.91 Å². The van der Waals surface area contributed by atoms with Crippen molar-refractivity contribution in [1.29, 1.82) is 0 Å². The predicted molar refractivity (Wildman–Crippen MR) is 112 cm³/mol. The SMILES string of the molecule is O=C(CCc1cn(-c2ccccc2)nc1-c1ccccc1)N1CCCCCC1.